The molecule has 3 rings (SSSR count). The summed E-state index contributed by atoms with van der Waals surface area (Å²) in [6.45, 7) is 2.10. The Morgan fingerprint density at radius 3 is 2.68 bits per heavy atom. The molecule has 2 aromatic rings. The van der Waals surface area contributed by atoms with E-state index < -0.39 is 0 Å². The minimum atomic E-state index is -0.110. The number of hydrogen-bond acceptors (Lipinski definition) is 2. The fraction of sp³-hybridized carbons (Fsp3) is 0.474. The monoisotopic (exact) mass is 361 g/mol. The zero-order valence-electron chi connectivity index (χ0n) is 14.8. The van der Waals surface area contributed by atoms with E-state index in [2.05, 4.69) is 17.2 Å². The second kappa shape index (κ2) is 7.08. The van der Waals surface area contributed by atoms with Gasteiger partial charge in [0.25, 0.3) is 5.91 Å². The van der Waals surface area contributed by atoms with Gasteiger partial charge in [-0.15, -0.1) is 0 Å². The van der Waals surface area contributed by atoms with Crippen LogP contribution in [0.5, 0.6) is 0 Å². The van der Waals surface area contributed by atoms with Gasteiger partial charge in [-0.1, -0.05) is 18.5 Å². The zero-order chi connectivity index (χ0) is 18.1. The number of nitrogens with one attached hydrogen (secondary N) is 2. The minimum absolute atomic E-state index is 0.0633. The second-order valence-electron chi connectivity index (χ2n) is 7.21. The highest BCUT2D eigenvalue weighted by molar-refractivity contribution is 6.31. The van der Waals surface area contributed by atoms with Gasteiger partial charge in [0.1, 0.15) is 5.69 Å². The van der Waals surface area contributed by atoms with Crippen LogP contribution in [0.4, 0.5) is 0 Å². The molecule has 2 N–H and O–H groups in total. The molecule has 134 valence electrons. The van der Waals surface area contributed by atoms with Gasteiger partial charge in [0.05, 0.1) is 0 Å². The van der Waals surface area contributed by atoms with Crippen LogP contribution in [0.1, 0.15) is 36.7 Å². The van der Waals surface area contributed by atoms with E-state index in [1.54, 1.807) is 25.1 Å². The maximum Gasteiger partial charge on any atom is 0.267 e. The molecule has 1 aliphatic rings. The maximum absolute atomic E-state index is 12.6. The summed E-state index contributed by atoms with van der Waals surface area (Å²) in [6.07, 6.45) is 2.45. The highest BCUT2D eigenvalue weighted by atomic mass is 35.5. The van der Waals surface area contributed by atoms with Gasteiger partial charge in [0, 0.05) is 42.0 Å². The molecular formula is C19H24ClN3O2. The number of benzene rings is 1. The van der Waals surface area contributed by atoms with Gasteiger partial charge in [0.15, 0.2) is 0 Å². The lowest BCUT2D eigenvalue weighted by molar-refractivity contribution is -0.134. The van der Waals surface area contributed by atoms with Gasteiger partial charge in [0.2, 0.25) is 5.91 Å². The van der Waals surface area contributed by atoms with Crippen molar-refractivity contribution in [2.75, 3.05) is 14.1 Å². The molecule has 0 bridgehead atoms. The summed E-state index contributed by atoms with van der Waals surface area (Å²) >= 11 is 6.00. The first-order valence-corrected chi connectivity index (χ1v) is 9.03. The first-order valence-electron chi connectivity index (χ1n) is 8.65. The quantitative estimate of drug-likeness (QED) is 0.879. The summed E-state index contributed by atoms with van der Waals surface area (Å²) in [6, 6.07) is 7.42. The highest BCUT2D eigenvalue weighted by Gasteiger charge is 2.33. The van der Waals surface area contributed by atoms with Gasteiger partial charge < -0.3 is 15.2 Å². The molecule has 3 atom stereocenters. The molecular weight excluding hydrogens is 338 g/mol. The molecule has 0 unspecified atom stereocenters. The summed E-state index contributed by atoms with van der Waals surface area (Å²) in [4.78, 5) is 29.5. The van der Waals surface area contributed by atoms with E-state index in [1.165, 1.54) is 0 Å². The molecule has 6 heteroatoms. The zero-order valence-corrected chi connectivity index (χ0v) is 15.6. The smallest absolute Gasteiger partial charge is 0.267 e. The van der Waals surface area contributed by atoms with Crippen LogP contribution in [0.25, 0.3) is 10.9 Å². The number of fused-ring (bicyclic) bond motifs is 1. The third kappa shape index (κ3) is 3.82. The molecule has 1 fully saturated rings. The Morgan fingerprint density at radius 1 is 1.24 bits per heavy atom. The second-order valence-corrected chi connectivity index (χ2v) is 7.65. The van der Waals surface area contributed by atoms with Crippen molar-refractivity contribution in [3.8, 4) is 0 Å². The third-order valence-electron chi connectivity index (χ3n) is 5.10. The molecule has 5 nitrogen and oxygen atoms in total. The Hall–Kier alpha value is -2.01. The van der Waals surface area contributed by atoms with Gasteiger partial charge >= 0.3 is 0 Å². The molecule has 1 saturated carbocycles. The molecule has 1 heterocycles. The number of carbonyl (C=O) groups excluding carboxylic acids is 2. The Bertz CT molecular complexity index is 799. The molecule has 1 aromatic heterocycles. The van der Waals surface area contributed by atoms with Crippen molar-refractivity contribution >= 4 is 34.3 Å². The molecule has 0 radical (unpaired) electrons. The predicted molar refractivity (Wildman–Crippen MR) is 99.8 cm³/mol. The van der Waals surface area contributed by atoms with Crippen LogP contribution >= 0.6 is 11.6 Å². The van der Waals surface area contributed by atoms with Crippen LogP contribution in [-0.4, -0.2) is 41.8 Å². The lowest BCUT2D eigenvalue weighted by atomic mass is 9.78. The van der Waals surface area contributed by atoms with Crippen LogP contribution < -0.4 is 5.32 Å². The fourth-order valence-electron chi connectivity index (χ4n) is 3.67. The van der Waals surface area contributed by atoms with E-state index in [0.29, 0.717) is 10.7 Å². The Labute approximate surface area is 152 Å². The Balaban J connectivity index is 1.65. The average Bonchev–Trinajstić information content (AvgIpc) is 2.99. The number of carbonyl (C=O) groups is 2. The van der Waals surface area contributed by atoms with Crippen molar-refractivity contribution < 1.29 is 9.59 Å². The number of aromatic nitrogens is 1. The van der Waals surface area contributed by atoms with Crippen molar-refractivity contribution in [3.05, 3.63) is 35.0 Å². The molecule has 2 amide bonds. The lowest BCUT2D eigenvalue weighted by Gasteiger charge is -2.34. The SMILES string of the molecule is C[C@@H]1C[C@@H](C(=O)N(C)C)CC[C@@H]1NC(=O)c1cc2cc(Cl)ccc2[nH]1. The van der Waals surface area contributed by atoms with E-state index >= 15 is 0 Å². The van der Waals surface area contributed by atoms with Crippen LogP contribution in [0.15, 0.2) is 24.3 Å². The van der Waals surface area contributed by atoms with Gasteiger partial charge in [-0.05, 0) is 49.4 Å². The Morgan fingerprint density at radius 2 is 2.00 bits per heavy atom. The number of nitrogens with zero attached hydrogens (tertiary/aromatic N) is 1. The summed E-state index contributed by atoms with van der Waals surface area (Å²) in [7, 11) is 3.59. The number of aromatic amines is 1. The van der Waals surface area contributed by atoms with Crippen LogP contribution in [0.2, 0.25) is 5.02 Å². The normalized spacial score (nSPS) is 23.4. The maximum atomic E-state index is 12.6. The number of rotatable bonds is 3. The summed E-state index contributed by atoms with van der Waals surface area (Å²) in [5.74, 6) is 0.407. The van der Waals surface area contributed by atoms with E-state index in [4.69, 9.17) is 11.6 Å². The first kappa shape index (κ1) is 17.8. The largest absolute Gasteiger partial charge is 0.351 e. The number of hydrogen-bond donors (Lipinski definition) is 2. The number of halogens is 1. The van der Waals surface area contributed by atoms with E-state index in [1.807, 2.05) is 18.2 Å². The Kier molecular flexibility index (Phi) is 5.04. The van der Waals surface area contributed by atoms with Crippen molar-refractivity contribution in [2.24, 2.45) is 11.8 Å². The van der Waals surface area contributed by atoms with E-state index in [9.17, 15) is 9.59 Å². The van der Waals surface area contributed by atoms with Crippen LogP contribution in [-0.2, 0) is 4.79 Å². The third-order valence-corrected chi connectivity index (χ3v) is 5.34. The summed E-state index contributed by atoms with van der Waals surface area (Å²) < 4.78 is 0. The lowest BCUT2D eigenvalue weighted by Crippen LogP contribution is -2.45. The standard InChI is InChI=1S/C19H24ClN3O2/c1-11-8-12(19(25)23(2)3)4-6-15(11)22-18(24)17-10-13-9-14(20)5-7-16(13)21-17/h5,7,9-12,15,21H,4,6,8H2,1-3H3,(H,22,24)/t11-,12+,15+/m1/s1. The van der Waals surface area contributed by atoms with Gasteiger partial charge in [-0.25, -0.2) is 0 Å². The van der Waals surface area contributed by atoms with Crippen molar-refractivity contribution in [1.29, 1.82) is 0 Å². The molecule has 0 aliphatic heterocycles. The summed E-state index contributed by atoms with van der Waals surface area (Å²) in [5.41, 5.74) is 1.43. The molecule has 1 aliphatic carbocycles. The van der Waals surface area contributed by atoms with Gasteiger partial charge in [-0.2, -0.15) is 0 Å². The van der Waals surface area contributed by atoms with E-state index in [0.717, 1.165) is 30.2 Å². The minimum Gasteiger partial charge on any atom is -0.351 e. The molecule has 1 aromatic carbocycles. The van der Waals surface area contributed by atoms with Gasteiger partial charge in [-0.3, -0.25) is 9.59 Å². The molecule has 25 heavy (non-hydrogen) atoms. The predicted octanol–water partition coefficient (Wildman–Crippen LogP) is 3.44. The summed E-state index contributed by atoms with van der Waals surface area (Å²) in [5, 5.41) is 4.69. The number of amides is 2. The average molecular weight is 362 g/mol. The van der Waals surface area contributed by atoms with Crippen LogP contribution in [0.3, 0.4) is 0 Å². The fourth-order valence-corrected chi connectivity index (χ4v) is 3.85. The number of H-pyrrole nitrogens is 1. The van der Waals surface area contributed by atoms with Crippen molar-refractivity contribution in [2.45, 2.75) is 32.2 Å². The molecule has 0 spiro atoms. The van der Waals surface area contributed by atoms with Crippen molar-refractivity contribution in [3.63, 3.8) is 0 Å². The van der Waals surface area contributed by atoms with E-state index in [-0.39, 0.29) is 29.7 Å². The van der Waals surface area contributed by atoms with Crippen molar-refractivity contribution in [1.82, 2.24) is 15.2 Å². The topological polar surface area (TPSA) is 65.2 Å². The van der Waals surface area contributed by atoms with Crippen LogP contribution in [0, 0.1) is 11.8 Å². The first-order chi connectivity index (χ1) is 11.8. The molecule has 0 saturated heterocycles. The highest BCUT2D eigenvalue weighted by Crippen LogP contribution is 2.30.